The van der Waals surface area contributed by atoms with Crippen LogP contribution in [0.15, 0.2) is 30.6 Å². The van der Waals surface area contributed by atoms with Crippen molar-refractivity contribution in [2.45, 2.75) is 0 Å². The monoisotopic (exact) mass is 318 g/mol. The Hall–Kier alpha value is -3.03. The number of nitrogens with zero attached hydrogens (tertiary/aromatic N) is 3. The van der Waals surface area contributed by atoms with Crippen LogP contribution >= 0.6 is 0 Å². The molecule has 23 heavy (non-hydrogen) atoms. The van der Waals surface area contributed by atoms with Crippen LogP contribution in [0.5, 0.6) is 0 Å². The Morgan fingerprint density at radius 1 is 1.30 bits per heavy atom. The molecule has 0 aliphatic heterocycles. The van der Waals surface area contributed by atoms with E-state index in [9.17, 15) is 13.6 Å². The van der Waals surface area contributed by atoms with Crippen molar-refractivity contribution in [1.29, 1.82) is 0 Å². The second kappa shape index (κ2) is 5.64. The van der Waals surface area contributed by atoms with Crippen LogP contribution in [-0.4, -0.2) is 27.8 Å². The number of anilines is 2. The van der Waals surface area contributed by atoms with Gasteiger partial charge < -0.3 is 10.1 Å². The second-order valence-electron chi connectivity index (χ2n) is 4.81. The van der Waals surface area contributed by atoms with E-state index in [1.54, 1.807) is 36.1 Å². The molecule has 3 rings (SSSR count). The van der Waals surface area contributed by atoms with Crippen molar-refractivity contribution in [2.24, 2.45) is 7.05 Å². The van der Waals surface area contributed by atoms with Crippen LogP contribution in [0.4, 0.5) is 20.2 Å². The topological polar surface area (TPSA) is 69.0 Å². The quantitative estimate of drug-likeness (QED) is 0.594. The number of nitrogens with one attached hydrogen (secondary N) is 1. The minimum absolute atomic E-state index is 0.198. The van der Waals surface area contributed by atoms with E-state index in [-0.39, 0.29) is 11.3 Å². The number of methoxy groups -OCH3 is 1. The average molecular weight is 318 g/mol. The van der Waals surface area contributed by atoms with Crippen LogP contribution in [0.25, 0.3) is 10.9 Å². The number of rotatable bonds is 3. The molecule has 3 aromatic rings. The van der Waals surface area contributed by atoms with Gasteiger partial charge in [0.25, 0.3) is 5.95 Å². The largest absolute Gasteiger partial charge is 0.465 e. The molecule has 2 aromatic heterocycles. The van der Waals surface area contributed by atoms with Crippen molar-refractivity contribution >= 4 is 28.2 Å². The first kappa shape index (κ1) is 14.9. The summed E-state index contributed by atoms with van der Waals surface area (Å²) >= 11 is 0. The smallest absolute Gasteiger partial charge is 0.341 e. The molecule has 0 aliphatic rings. The first-order valence-electron chi connectivity index (χ1n) is 6.62. The summed E-state index contributed by atoms with van der Waals surface area (Å²) in [4.78, 5) is 14.9. The predicted octanol–water partition coefficient (Wildman–Crippen LogP) is 2.78. The molecule has 8 heteroatoms. The Kier molecular flexibility index (Phi) is 3.65. The second-order valence-corrected chi connectivity index (χ2v) is 4.81. The van der Waals surface area contributed by atoms with Crippen molar-refractivity contribution < 1.29 is 18.3 Å². The van der Waals surface area contributed by atoms with E-state index in [2.05, 4.69) is 20.1 Å². The zero-order valence-electron chi connectivity index (χ0n) is 12.3. The minimum Gasteiger partial charge on any atom is -0.465 e. The SMILES string of the molecule is COC(=O)c1cnc(F)c(F)c1Nc1ccc2cnn(C)c2c1. The maximum Gasteiger partial charge on any atom is 0.341 e. The lowest BCUT2D eigenvalue weighted by Gasteiger charge is -2.12. The highest BCUT2D eigenvalue weighted by Crippen LogP contribution is 2.27. The van der Waals surface area contributed by atoms with E-state index in [0.717, 1.165) is 24.2 Å². The fourth-order valence-corrected chi connectivity index (χ4v) is 2.22. The molecule has 0 saturated carbocycles. The molecule has 0 amide bonds. The molecule has 0 radical (unpaired) electrons. The number of carbonyl (C=O) groups excluding carboxylic acids is 1. The van der Waals surface area contributed by atoms with Crippen LogP contribution in [0, 0.1) is 11.8 Å². The number of carbonyl (C=O) groups is 1. The van der Waals surface area contributed by atoms with Crippen molar-refractivity contribution in [3.63, 3.8) is 0 Å². The maximum atomic E-state index is 14.1. The highest BCUT2D eigenvalue weighted by molar-refractivity contribution is 5.96. The number of ether oxygens (including phenoxy) is 1. The van der Waals surface area contributed by atoms with Crippen LogP contribution in [0.2, 0.25) is 0 Å². The van der Waals surface area contributed by atoms with Crippen LogP contribution < -0.4 is 5.32 Å². The number of aryl methyl sites for hydroxylation is 1. The average Bonchev–Trinajstić information content (AvgIpc) is 2.92. The molecule has 2 heterocycles. The summed E-state index contributed by atoms with van der Waals surface area (Å²) in [6.07, 6.45) is 2.61. The lowest BCUT2D eigenvalue weighted by atomic mass is 10.2. The highest BCUT2D eigenvalue weighted by Gasteiger charge is 2.21. The summed E-state index contributed by atoms with van der Waals surface area (Å²) < 4.78 is 33.7. The van der Waals surface area contributed by atoms with E-state index >= 15 is 0 Å². The molecule has 0 aliphatic carbocycles. The van der Waals surface area contributed by atoms with Crippen LogP contribution in [0.1, 0.15) is 10.4 Å². The number of esters is 1. The van der Waals surface area contributed by atoms with Gasteiger partial charge in [0.2, 0.25) is 5.82 Å². The van der Waals surface area contributed by atoms with Crippen molar-refractivity contribution in [3.05, 3.63) is 47.9 Å². The molecule has 1 N–H and O–H groups in total. The molecule has 0 spiro atoms. The fraction of sp³-hybridized carbons (Fsp3) is 0.133. The summed E-state index contributed by atoms with van der Waals surface area (Å²) in [6, 6.07) is 5.15. The van der Waals surface area contributed by atoms with E-state index in [4.69, 9.17) is 0 Å². The van der Waals surface area contributed by atoms with Gasteiger partial charge in [-0.25, -0.2) is 9.78 Å². The Labute approximate surface area is 129 Å². The number of halogens is 2. The standard InChI is InChI=1S/C15H12F2N4O2/c1-21-11-5-9(4-3-8(11)6-19-21)20-13-10(15(22)23-2)7-18-14(17)12(13)16/h3-7H,1-2H3,(H,18,20). The number of benzene rings is 1. The van der Waals surface area contributed by atoms with Crippen LogP contribution in [-0.2, 0) is 11.8 Å². The molecule has 0 fully saturated rings. The maximum absolute atomic E-state index is 14.1. The zero-order valence-corrected chi connectivity index (χ0v) is 12.3. The molecular formula is C15H12F2N4O2. The predicted molar refractivity (Wildman–Crippen MR) is 79.5 cm³/mol. The summed E-state index contributed by atoms with van der Waals surface area (Å²) in [5.41, 5.74) is 0.739. The Morgan fingerprint density at radius 3 is 2.83 bits per heavy atom. The number of hydrogen-bond acceptors (Lipinski definition) is 5. The Bertz CT molecular complexity index is 908. The summed E-state index contributed by atoms with van der Waals surface area (Å²) in [5.74, 6) is -3.37. The van der Waals surface area contributed by atoms with E-state index in [1.807, 2.05) is 0 Å². The fourth-order valence-electron chi connectivity index (χ4n) is 2.22. The van der Waals surface area contributed by atoms with Crippen molar-refractivity contribution in [2.75, 3.05) is 12.4 Å². The summed E-state index contributed by atoms with van der Waals surface area (Å²) in [5, 5.41) is 7.71. The molecule has 0 bridgehead atoms. The molecule has 1 aromatic carbocycles. The third-order valence-electron chi connectivity index (χ3n) is 3.40. The first-order valence-corrected chi connectivity index (χ1v) is 6.62. The Balaban J connectivity index is 2.08. The van der Waals surface area contributed by atoms with Crippen LogP contribution in [0.3, 0.4) is 0 Å². The van der Waals surface area contributed by atoms with E-state index in [0.29, 0.717) is 5.69 Å². The molecule has 118 valence electrons. The van der Waals surface area contributed by atoms with Gasteiger partial charge in [-0.2, -0.15) is 13.9 Å². The normalized spacial score (nSPS) is 10.8. The number of aromatic nitrogens is 3. The van der Waals surface area contributed by atoms with E-state index < -0.39 is 17.7 Å². The summed E-state index contributed by atoms with van der Waals surface area (Å²) in [7, 11) is 2.91. The Morgan fingerprint density at radius 2 is 2.09 bits per heavy atom. The van der Waals surface area contributed by atoms with Gasteiger partial charge in [-0.15, -0.1) is 0 Å². The van der Waals surface area contributed by atoms with Gasteiger partial charge in [0.1, 0.15) is 5.56 Å². The van der Waals surface area contributed by atoms with Crippen molar-refractivity contribution in [1.82, 2.24) is 14.8 Å². The lowest BCUT2D eigenvalue weighted by molar-refractivity contribution is 0.0600. The third-order valence-corrected chi connectivity index (χ3v) is 3.40. The van der Waals surface area contributed by atoms with E-state index in [1.165, 1.54) is 0 Å². The number of pyridine rings is 1. The van der Waals surface area contributed by atoms with Gasteiger partial charge in [0.15, 0.2) is 0 Å². The minimum atomic E-state index is -1.30. The zero-order chi connectivity index (χ0) is 16.6. The van der Waals surface area contributed by atoms with Crippen molar-refractivity contribution in [3.8, 4) is 0 Å². The molecule has 0 unspecified atom stereocenters. The number of hydrogen-bond donors (Lipinski definition) is 1. The van der Waals surface area contributed by atoms with Gasteiger partial charge in [-0.3, -0.25) is 4.68 Å². The third kappa shape index (κ3) is 2.59. The first-order chi connectivity index (χ1) is 11.0. The molecule has 6 nitrogen and oxygen atoms in total. The van der Waals surface area contributed by atoms with Gasteiger partial charge in [0, 0.05) is 24.3 Å². The molecule has 0 saturated heterocycles. The molecule has 0 atom stereocenters. The highest BCUT2D eigenvalue weighted by atomic mass is 19.2. The van der Waals surface area contributed by atoms with Gasteiger partial charge in [0.05, 0.1) is 24.5 Å². The lowest BCUT2D eigenvalue weighted by Crippen LogP contribution is -2.10. The van der Waals surface area contributed by atoms with Gasteiger partial charge in [-0.05, 0) is 18.2 Å². The number of fused-ring (bicyclic) bond motifs is 1. The van der Waals surface area contributed by atoms with Gasteiger partial charge >= 0.3 is 5.97 Å². The summed E-state index contributed by atoms with van der Waals surface area (Å²) in [6.45, 7) is 0. The van der Waals surface area contributed by atoms with Gasteiger partial charge in [-0.1, -0.05) is 0 Å². The molecular weight excluding hydrogens is 306 g/mol.